The lowest BCUT2D eigenvalue weighted by Gasteiger charge is -2.30. The minimum atomic E-state index is -3.88. The number of halogens is 1. The maximum absolute atomic E-state index is 13.0. The third-order valence-electron chi connectivity index (χ3n) is 6.22. The van der Waals surface area contributed by atoms with Crippen LogP contribution in [0.3, 0.4) is 0 Å². The van der Waals surface area contributed by atoms with Gasteiger partial charge in [-0.2, -0.15) is 0 Å². The van der Waals surface area contributed by atoms with Gasteiger partial charge >= 0.3 is 0 Å². The number of hydrogen-bond donors (Lipinski definition) is 2. The Balaban J connectivity index is 1.30. The molecule has 1 saturated heterocycles. The molecule has 11 heteroatoms. The third-order valence-corrected chi connectivity index (χ3v) is 9.46. The fourth-order valence-electron chi connectivity index (χ4n) is 4.08. The highest BCUT2D eigenvalue weighted by Crippen LogP contribution is 2.24. The van der Waals surface area contributed by atoms with Crippen molar-refractivity contribution in [1.82, 2.24) is 4.31 Å². The Morgan fingerprint density at radius 3 is 2.03 bits per heavy atom. The Hall–Kier alpha value is -3.28. The third kappa shape index (κ3) is 6.94. The summed E-state index contributed by atoms with van der Waals surface area (Å²) in [6.07, 6.45) is 0.792. The number of aryl methyl sites for hydroxylation is 1. The lowest BCUT2D eigenvalue weighted by molar-refractivity contribution is -0.120. The predicted molar refractivity (Wildman–Crippen MR) is 140 cm³/mol. The zero-order valence-electron chi connectivity index (χ0n) is 20.2. The van der Waals surface area contributed by atoms with Gasteiger partial charge in [0, 0.05) is 30.4 Å². The summed E-state index contributed by atoms with van der Waals surface area (Å²) in [5.41, 5.74) is 2.45. The van der Waals surface area contributed by atoms with Gasteiger partial charge in [-0.25, -0.2) is 25.5 Å². The second-order valence-corrected chi connectivity index (χ2v) is 12.7. The van der Waals surface area contributed by atoms with Crippen LogP contribution >= 0.6 is 0 Å². The van der Waals surface area contributed by atoms with Gasteiger partial charge in [0.2, 0.25) is 15.9 Å². The molecular formula is C26H28FN3O5S2. The second kappa shape index (κ2) is 11.0. The number of nitrogens with one attached hydrogen (secondary N) is 2. The van der Waals surface area contributed by atoms with Crippen molar-refractivity contribution in [3.63, 3.8) is 0 Å². The number of hydrogen-bond acceptors (Lipinski definition) is 5. The summed E-state index contributed by atoms with van der Waals surface area (Å²) in [7, 11) is -7.37. The standard InChI is InChI=1S/C26H28FN3O5S2/c1-19-2-4-20(5-3-19)18-36(32,33)30-16-14-21(15-17-30)26(31)28-23-10-12-25(13-11-23)37(34,35)29-24-8-6-22(27)7-9-24/h2-13,21,29H,14-18H2,1H3,(H,28,31). The van der Waals surface area contributed by atoms with Gasteiger partial charge in [0.05, 0.1) is 10.6 Å². The van der Waals surface area contributed by atoms with Gasteiger partial charge < -0.3 is 5.32 Å². The molecule has 0 saturated carbocycles. The number of rotatable bonds is 8. The monoisotopic (exact) mass is 545 g/mol. The van der Waals surface area contributed by atoms with Crippen LogP contribution in [-0.4, -0.2) is 40.1 Å². The van der Waals surface area contributed by atoms with Crippen LogP contribution in [-0.2, 0) is 30.6 Å². The quantitative estimate of drug-likeness (QED) is 0.442. The van der Waals surface area contributed by atoms with Gasteiger partial charge in [0.1, 0.15) is 5.82 Å². The number of benzene rings is 3. The minimum absolute atomic E-state index is 0.0121. The first-order chi connectivity index (χ1) is 17.5. The van der Waals surface area contributed by atoms with E-state index in [1.165, 1.54) is 40.7 Å². The smallest absolute Gasteiger partial charge is 0.261 e. The minimum Gasteiger partial charge on any atom is -0.326 e. The van der Waals surface area contributed by atoms with Crippen molar-refractivity contribution in [2.24, 2.45) is 5.92 Å². The van der Waals surface area contributed by atoms with Gasteiger partial charge in [-0.15, -0.1) is 0 Å². The Kier molecular flexibility index (Phi) is 7.96. The molecule has 4 rings (SSSR count). The molecule has 1 aliphatic rings. The van der Waals surface area contributed by atoms with E-state index >= 15 is 0 Å². The van der Waals surface area contributed by atoms with Crippen molar-refractivity contribution in [3.05, 3.63) is 89.7 Å². The number of carbonyl (C=O) groups is 1. The molecule has 0 bridgehead atoms. The molecule has 37 heavy (non-hydrogen) atoms. The van der Waals surface area contributed by atoms with E-state index in [1.54, 1.807) is 0 Å². The number of anilines is 2. The Morgan fingerprint density at radius 2 is 1.43 bits per heavy atom. The molecule has 8 nitrogen and oxygen atoms in total. The van der Waals surface area contributed by atoms with Crippen LogP contribution < -0.4 is 10.0 Å². The number of sulfonamides is 2. The van der Waals surface area contributed by atoms with Gasteiger partial charge in [0.25, 0.3) is 10.0 Å². The number of amides is 1. The molecule has 0 radical (unpaired) electrons. The number of piperidine rings is 1. The first-order valence-electron chi connectivity index (χ1n) is 11.7. The summed E-state index contributed by atoms with van der Waals surface area (Å²) in [6.45, 7) is 2.47. The molecule has 0 aromatic heterocycles. The Bertz CT molecular complexity index is 1450. The summed E-state index contributed by atoms with van der Waals surface area (Å²) >= 11 is 0. The zero-order valence-corrected chi connectivity index (χ0v) is 21.9. The fourth-order valence-corrected chi connectivity index (χ4v) is 6.70. The molecule has 2 N–H and O–H groups in total. The van der Waals surface area contributed by atoms with E-state index in [-0.39, 0.29) is 41.3 Å². The Labute approximate surface area is 216 Å². The van der Waals surface area contributed by atoms with Gasteiger partial charge in [0.15, 0.2) is 0 Å². The predicted octanol–water partition coefficient (Wildman–Crippen LogP) is 4.12. The fraction of sp³-hybridized carbons (Fsp3) is 0.269. The second-order valence-electron chi connectivity index (χ2n) is 9.04. The van der Waals surface area contributed by atoms with E-state index in [4.69, 9.17) is 0 Å². The van der Waals surface area contributed by atoms with Crippen LogP contribution in [0.5, 0.6) is 0 Å². The molecule has 0 unspecified atom stereocenters. The first kappa shape index (κ1) is 26.8. The lowest BCUT2D eigenvalue weighted by Crippen LogP contribution is -2.41. The summed E-state index contributed by atoms with van der Waals surface area (Å²) in [6, 6.07) is 18.0. The molecular weight excluding hydrogens is 517 g/mol. The molecule has 0 aliphatic carbocycles. The topological polar surface area (TPSA) is 113 Å². The largest absolute Gasteiger partial charge is 0.326 e. The number of carbonyl (C=O) groups excluding carboxylic acids is 1. The first-order valence-corrected chi connectivity index (χ1v) is 14.8. The highest BCUT2D eigenvalue weighted by atomic mass is 32.2. The number of nitrogens with zero attached hydrogens (tertiary/aromatic N) is 1. The average molecular weight is 546 g/mol. The molecule has 0 spiro atoms. The van der Waals surface area contributed by atoms with E-state index in [0.717, 1.165) is 23.3 Å². The maximum atomic E-state index is 13.0. The summed E-state index contributed by atoms with van der Waals surface area (Å²) in [5.74, 6) is -1.14. The van der Waals surface area contributed by atoms with Gasteiger partial charge in [-0.05, 0) is 73.9 Å². The maximum Gasteiger partial charge on any atom is 0.261 e. The molecule has 1 fully saturated rings. The van der Waals surface area contributed by atoms with Crippen molar-refractivity contribution in [1.29, 1.82) is 0 Å². The van der Waals surface area contributed by atoms with E-state index in [2.05, 4.69) is 10.0 Å². The molecule has 1 amide bonds. The van der Waals surface area contributed by atoms with Crippen LogP contribution in [0.4, 0.5) is 15.8 Å². The van der Waals surface area contributed by atoms with Gasteiger partial charge in [-0.3, -0.25) is 9.52 Å². The average Bonchev–Trinajstić information content (AvgIpc) is 2.87. The summed E-state index contributed by atoms with van der Waals surface area (Å²) < 4.78 is 67.6. The van der Waals surface area contributed by atoms with E-state index in [9.17, 15) is 26.0 Å². The van der Waals surface area contributed by atoms with E-state index < -0.39 is 25.9 Å². The highest BCUT2D eigenvalue weighted by molar-refractivity contribution is 7.92. The van der Waals surface area contributed by atoms with Crippen molar-refractivity contribution < 1.29 is 26.0 Å². The van der Waals surface area contributed by atoms with Crippen molar-refractivity contribution in [2.45, 2.75) is 30.4 Å². The van der Waals surface area contributed by atoms with Crippen LogP contribution in [0.25, 0.3) is 0 Å². The molecule has 1 aliphatic heterocycles. The SMILES string of the molecule is Cc1ccc(CS(=O)(=O)N2CCC(C(=O)Nc3ccc(S(=O)(=O)Nc4ccc(F)cc4)cc3)CC2)cc1. The lowest BCUT2D eigenvalue weighted by atomic mass is 9.97. The molecule has 3 aromatic carbocycles. The molecule has 1 heterocycles. The zero-order chi connectivity index (χ0) is 26.6. The van der Waals surface area contributed by atoms with Gasteiger partial charge in [-0.1, -0.05) is 29.8 Å². The van der Waals surface area contributed by atoms with Crippen molar-refractivity contribution in [3.8, 4) is 0 Å². The van der Waals surface area contributed by atoms with Crippen LogP contribution in [0.1, 0.15) is 24.0 Å². The van der Waals surface area contributed by atoms with Crippen molar-refractivity contribution >= 4 is 37.3 Å². The van der Waals surface area contributed by atoms with E-state index in [0.29, 0.717) is 18.5 Å². The molecule has 0 atom stereocenters. The van der Waals surface area contributed by atoms with Crippen LogP contribution in [0.2, 0.25) is 0 Å². The van der Waals surface area contributed by atoms with Crippen molar-refractivity contribution in [2.75, 3.05) is 23.1 Å². The Morgan fingerprint density at radius 1 is 0.865 bits per heavy atom. The molecule has 3 aromatic rings. The van der Waals surface area contributed by atoms with E-state index in [1.807, 2.05) is 31.2 Å². The highest BCUT2D eigenvalue weighted by Gasteiger charge is 2.31. The normalized spacial score (nSPS) is 15.3. The van der Waals surface area contributed by atoms with Crippen LogP contribution in [0.15, 0.2) is 77.7 Å². The molecule has 196 valence electrons. The summed E-state index contributed by atoms with van der Waals surface area (Å²) in [4.78, 5) is 12.7. The van der Waals surface area contributed by atoms with Crippen LogP contribution in [0, 0.1) is 18.7 Å². The summed E-state index contributed by atoms with van der Waals surface area (Å²) in [5, 5.41) is 2.78.